The zero-order valence-electron chi connectivity index (χ0n) is 11.1. The summed E-state index contributed by atoms with van der Waals surface area (Å²) in [7, 11) is 0. The van der Waals surface area contributed by atoms with Crippen LogP contribution in [0.3, 0.4) is 0 Å². The van der Waals surface area contributed by atoms with Crippen molar-refractivity contribution in [2.24, 2.45) is 40.7 Å². The van der Waals surface area contributed by atoms with Crippen molar-refractivity contribution in [3.63, 3.8) is 0 Å². The zero-order valence-corrected chi connectivity index (χ0v) is 11.1. The van der Waals surface area contributed by atoms with Crippen LogP contribution in [0.2, 0.25) is 0 Å². The molecule has 3 N–H and O–H groups in total. The Hall–Kier alpha value is -0.0800. The molecule has 0 aliphatic heterocycles. The Morgan fingerprint density at radius 1 is 1.06 bits per heavy atom. The van der Waals surface area contributed by atoms with Gasteiger partial charge in [-0.2, -0.15) is 0 Å². The lowest BCUT2D eigenvalue weighted by atomic mass is 9.46. The molecule has 0 spiro atoms. The Kier molecular flexibility index (Phi) is 2.99. The van der Waals surface area contributed by atoms with Crippen molar-refractivity contribution in [3.05, 3.63) is 0 Å². The summed E-state index contributed by atoms with van der Waals surface area (Å²) in [6, 6.07) is 0. The second-order valence-electron chi connectivity index (χ2n) is 7.03. The zero-order chi connectivity index (χ0) is 12.0. The molecule has 0 aromatic carbocycles. The van der Waals surface area contributed by atoms with E-state index in [1.807, 2.05) is 0 Å². The molecule has 0 radical (unpaired) electrons. The summed E-state index contributed by atoms with van der Waals surface area (Å²) in [6.07, 6.45) is 8.27. The lowest BCUT2D eigenvalue weighted by Gasteiger charge is -2.59. The molecule has 4 aliphatic carbocycles. The molecule has 0 heterocycles. The van der Waals surface area contributed by atoms with Crippen molar-refractivity contribution >= 4 is 0 Å². The predicted molar refractivity (Wildman–Crippen MR) is 69.4 cm³/mol. The van der Waals surface area contributed by atoms with Crippen molar-refractivity contribution in [2.75, 3.05) is 13.2 Å². The van der Waals surface area contributed by atoms with Crippen LogP contribution >= 0.6 is 0 Å². The average Bonchev–Trinajstić information content (AvgIpc) is 2.33. The van der Waals surface area contributed by atoms with Crippen LogP contribution in [-0.4, -0.2) is 18.3 Å². The number of aliphatic hydroxyl groups is 1. The van der Waals surface area contributed by atoms with Crippen LogP contribution in [-0.2, 0) is 0 Å². The third kappa shape index (κ3) is 1.67. The van der Waals surface area contributed by atoms with Crippen molar-refractivity contribution < 1.29 is 5.11 Å². The first kappa shape index (κ1) is 12.0. The Balaban J connectivity index is 1.87. The second kappa shape index (κ2) is 4.24. The summed E-state index contributed by atoms with van der Waals surface area (Å²) in [4.78, 5) is 0. The minimum Gasteiger partial charge on any atom is -0.396 e. The van der Waals surface area contributed by atoms with E-state index < -0.39 is 0 Å². The van der Waals surface area contributed by atoms with Crippen molar-refractivity contribution in [3.8, 4) is 0 Å². The molecule has 0 saturated heterocycles. The Bertz CT molecular complexity index is 248. The highest BCUT2D eigenvalue weighted by Gasteiger charge is 2.54. The summed E-state index contributed by atoms with van der Waals surface area (Å²) < 4.78 is 0. The molecule has 0 aromatic heterocycles. The predicted octanol–water partition coefficient (Wildman–Crippen LogP) is 2.41. The first-order valence-electron chi connectivity index (χ1n) is 7.53. The largest absolute Gasteiger partial charge is 0.396 e. The lowest BCUT2D eigenvalue weighted by Crippen LogP contribution is -2.55. The highest BCUT2D eigenvalue weighted by molar-refractivity contribution is 5.04. The van der Waals surface area contributed by atoms with Crippen LogP contribution in [0.4, 0.5) is 0 Å². The van der Waals surface area contributed by atoms with Gasteiger partial charge >= 0.3 is 0 Å². The van der Waals surface area contributed by atoms with Gasteiger partial charge in [0, 0.05) is 12.0 Å². The fraction of sp³-hybridized carbons (Fsp3) is 1.00. The molecule has 4 saturated carbocycles. The fourth-order valence-corrected chi connectivity index (χ4v) is 5.72. The molecule has 4 bridgehead atoms. The maximum absolute atomic E-state index is 9.88. The third-order valence-corrected chi connectivity index (χ3v) is 6.36. The summed E-state index contributed by atoms with van der Waals surface area (Å²) in [5.41, 5.74) is 6.08. The molecule has 4 rings (SSSR count). The van der Waals surface area contributed by atoms with Gasteiger partial charge in [-0.15, -0.1) is 0 Å². The van der Waals surface area contributed by atoms with Gasteiger partial charge in [-0.1, -0.05) is 6.92 Å². The monoisotopic (exact) mass is 237 g/mol. The normalized spacial score (nSPS) is 47.1. The van der Waals surface area contributed by atoms with Crippen molar-refractivity contribution in [1.82, 2.24) is 0 Å². The standard InChI is InChI=1S/C15H27NO/c1-2-15(8-16,9-17)14-12-4-10-3-11(6-12)7-13(14)5-10/h10-14,17H,2-9,16H2,1H3. The minimum absolute atomic E-state index is 0.0304. The number of aliphatic hydroxyl groups excluding tert-OH is 1. The topological polar surface area (TPSA) is 46.2 Å². The van der Waals surface area contributed by atoms with Gasteiger partial charge in [-0.05, 0) is 68.1 Å². The van der Waals surface area contributed by atoms with Gasteiger partial charge in [-0.25, -0.2) is 0 Å². The van der Waals surface area contributed by atoms with Crippen LogP contribution in [0.25, 0.3) is 0 Å². The molecule has 0 amide bonds. The highest BCUT2D eigenvalue weighted by Crippen LogP contribution is 2.61. The van der Waals surface area contributed by atoms with Gasteiger partial charge < -0.3 is 10.8 Å². The molecule has 1 unspecified atom stereocenters. The van der Waals surface area contributed by atoms with Gasteiger partial charge in [0.2, 0.25) is 0 Å². The maximum atomic E-state index is 9.88. The average molecular weight is 237 g/mol. The van der Waals surface area contributed by atoms with Gasteiger partial charge in [-0.3, -0.25) is 0 Å². The first-order valence-corrected chi connectivity index (χ1v) is 7.53. The maximum Gasteiger partial charge on any atom is 0.0502 e. The summed E-state index contributed by atoms with van der Waals surface area (Å²) >= 11 is 0. The van der Waals surface area contributed by atoms with Crippen LogP contribution in [0.5, 0.6) is 0 Å². The molecule has 0 aromatic rings. The van der Waals surface area contributed by atoms with Crippen molar-refractivity contribution in [1.29, 1.82) is 0 Å². The Morgan fingerprint density at radius 2 is 1.59 bits per heavy atom. The molecular formula is C15H27NO. The van der Waals surface area contributed by atoms with Crippen LogP contribution < -0.4 is 5.73 Å². The van der Waals surface area contributed by atoms with E-state index in [2.05, 4.69) is 6.92 Å². The molecule has 1 atom stereocenters. The molecular weight excluding hydrogens is 210 g/mol. The number of hydrogen-bond donors (Lipinski definition) is 2. The lowest BCUT2D eigenvalue weighted by molar-refractivity contribution is -0.110. The van der Waals surface area contributed by atoms with E-state index in [0.717, 1.165) is 36.0 Å². The number of rotatable bonds is 4. The summed E-state index contributed by atoms with van der Waals surface area (Å²) in [5.74, 6) is 4.50. The van der Waals surface area contributed by atoms with Crippen LogP contribution in [0.15, 0.2) is 0 Å². The Labute approximate surface area is 105 Å². The third-order valence-electron chi connectivity index (χ3n) is 6.36. The van der Waals surface area contributed by atoms with Crippen LogP contribution in [0, 0.1) is 35.0 Å². The van der Waals surface area contributed by atoms with Crippen LogP contribution in [0.1, 0.15) is 45.4 Å². The molecule has 2 heteroatoms. The van der Waals surface area contributed by atoms with Gasteiger partial charge in [0.1, 0.15) is 0 Å². The van der Waals surface area contributed by atoms with E-state index in [9.17, 15) is 5.11 Å². The fourth-order valence-electron chi connectivity index (χ4n) is 5.72. The molecule has 4 aliphatic rings. The SMILES string of the molecule is CCC(CN)(CO)C1C2CC3CC(C2)CC1C3. The van der Waals surface area contributed by atoms with E-state index in [-0.39, 0.29) is 5.41 Å². The quantitative estimate of drug-likeness (QED) is 0.788. The van der Waals surface area contributed by atoms with Gasteiger partial charge in [0.15, 0.2) is 0 Å². The van der Waals surface area contributed by atoms with E-state index >= 15 is 0 Å². The summed E-state index contributed by atoms with van der Waals surface area (Å²) in [6.45, 7) is 3.19. The minimum atomic E-state index is 0.0304. The van der Waals surface area contributed by atoms with E-state index in [1.165, 1.54) is 32.1 Å². The Morgan fingerprint density at radius 3 is 1.94 bits per heavy atom. The van der Waals surface area contributed by atoms with Gasteiger partial charge in [0.25, 0.3) is 0 Å². The second-order valence-corrected chi connectivity index (χ2v) is 7.03. The first-order chi connectivity index (χ1) is 8.22. The van der Waals surface area contributed by atoms with Gasteiger partial charge in [0.05, 0.1) is 6.61 Å². The van der Waals surface area contributed by atoms with Crippen molar-refractivity contribution in [2.45, 2.75) is 45.4 Å². The number of hydrogen-bond acceptors (Lipinski definition) is 2. The molecule has 98 valence electrons. The number of nitrogens with two attached hydrogens (primary N) is 1. The molecule has 17 heavy (non-hydrogen) atoms. The highest BCUT2D eigenvalue weighted by atomic mass is 16.3. The molecule has 2 nitrogen and oxygen atoms in total. The smallest absolute Gasteiger partial charge is 0.0502 e. The van der Waals surface area contributed by atoms with E-state index in [1.54, 1.807) is 0 Å². The summed E-state index contributed by atoms with van der Waals surface area (Å²) in [5, 5.41) is 9.88. The van der Waals surface area contributed by atoms with E-state index in [4.69, 9.17) is 5.73 Å². The van der Waals surface area contributed by atoms with E-state index in [0.29, 0.717) is 13.2 Å². The molecule has 4 fully saturated rings.